The Balaban J connectivity index is 1.56. The van der Waals surface area contributed by atoms with Crippen LogP contribution in [0.2, 0.25) is 10.0 Å². The minimum absolute atomic E-state index is 0.0732. The predicted octanol–water partition coefficient (Wildman–Crippen LogP) is 5.80. The van der Waals surface area contributed by atoms with Crippen LogP contribution in [0.4, 0.5) is 13.2 Å². The van der Waals surface area contributed by atoms with Crippen LogP contribution in [0.5, 0.6) is 5.75 Å². The molecular weight excluding hydrogens is 532 g/mol. The summed E-state index contributed by atoms with van der Waals surface area (Å²) < 4.78 is 41.0. The van der Waals surface area contributed by atoms with Gasteiger partial charge >= 0.3 is 12.3 Å². The van der Waals surface area contributed by atoms with E-state index in [0.29, 0.717) is 10.0 Å². The van der Waals surface area contributed by atoms with Crippen LogP contribution in [0.3, 0.4) is 0 Å². The zero-order chi connectivity index (χ0) is 26.7. The number of hydrogen-bond donors (Lipinski definition) is 2. The van der Waals surface area contributed by atoms with E-state index >= 15 is 0 Å². The van der Waals surface area contributed by atoms with Crippen molar-refractivity contribution in [1.29, 1.82) is 0 Å². The number of carbonyl (C=O) groups excluding carboxylic acids is 1. The Morgan fingerprint density at radius 2 is 1.41 bits per heavy atom. The van der Waals surface area contributed by atoms with Crippen molar-refractivity contribution in [3.05, 3.63) is 99.5 Å². The summed E-state index contributed by atoms with van der Waals surface area (Å²) in [6, 6.07) is 17.7. The summed E-state index contributed by atoms with van der Waals surface area (Å²) in [4.78, 5) is 26.9. The van der Waals surface area contributed by atoms with E-state index in [9.17, 15) is 27.9 Å². The van der Waals surface area contributed by atoms with Gasteiger partial charge in [-0.05, 0) is 59.7 Å². The smallest absolute Gasteiger partial charge is 0.481 e. The lowest BCUT2D eigenvalue weighted by molar-refractivity contribution is -0.274. The maximum atomic E-state index is 12.8. The molecule has 0 aliphatic carbocycles. The van der Waals surface area contributed by atoms with Crippen molar-refractivity contribution in [1.82, 2.24) is 10.2 Å². The van der Waals surface area contributed by atoms with Gasteiger partial charge in [-0.2, -0.15) is 0 Å². The van der Waals surface area contributed by atoms with E-state index in [-0.39, 0.29) is 24.7 Å². The number of alkyl halides is 3. The van der Waals surface area contributed by atoms with Crippen molar-refractivity contribution in [2.24, 2.45) is 5.92 Å². The molecule has 2 atom stereocenters. The molecule has 0 saturated carbocycles. The van der Waals surface area contributed by atoms with Crippen LogP contribution < -0.4 is 10.1 Å². The second-order valence-corrected chi connectivity index (χ2v) is 9.43. The van der Waals surface area contributed by atoms with Crippen molar-refractivity contribution >= 4 is 35.1 Å². The van der Waals surface area contributed by atoms with Crippen molar-refractivity contribution < 1.29 is 32.6 Å². The van der Waals surface area contributed by atoms with Gasteiger partial charge in [0.25, 0.3) is 5.91 Å². The third-order valence-electron chi connectivity index (χ3n) is 6.07. The van der Waals surface area contributed by atoms with E-state index in [1.54, 1.807) is 24.3 Å². The number of amides is 1. The van der Waals surface area contributed by atoms with Crippen molar-refractivity contribution in [2.45, 2.75) is 18.4 Å². The first-order valence-electron chi connectivity index (χ1n) is 11.1. The molecule has 1 aliphatic heterocycles. The molecule has 1 aliphatic rings. The standard InChI is InChI=1S/C26H21Cl2F3N2O4/c27-18-7-1-15(2-8-18)23(16-3-9-19(28)10-4-16)33-13-21(25(35)36)22(14-33)32-24(34)17-5-11-20(12-6-17)37-26(29,30)31/h1-12,21-23H,13-14H2,(H,32,34)(H,35,36). The van der Waals surface area contributed by atoms with E-state index in [1.807, 2.05) is 29.2 Å². The summed E-state index contributed by atoms with van der Waals surface area (Å²) in [5, 5.41) is 13.7. The second-order valence-electron chi connectivity index (χ2n) is 8.56. The monoisotopic (exact) mass is 552 g/mol. The third-order valence-corrected chi connectivity index (χ3v) is 6.57. The molecule has 0 bridgehead atoms. The molecular formula is C26H21Cl2F3N2O4. The van der Waals surface area contributed by atoms with Crippen LogP contribution in [0.25, 0.3) is 0 Å². The van der Waals surface area contributed by atoms with Gasteiger partial charge in [0, 0.05) is 28.7 Å². The molecule has 1 amide bonds. The summed E-state index contributed by atoms with van der Waals surface area (Å²) in [5.41, 5.74) is 1.83. The van der Waals surface area contributed by atoms with E-state index in [2.05, 4.69) is 10.1 Å². The average molecular weight is 553 g/mol. The highest BCUT2D eigenvalue weighted by Crippen LogP contribution is 2.35. The maximum absolute atomic E-state index is 12.8. The number of hydrogen-bond acceptors (Lipinski definition) is 4. The molecule has 0 spiro atoms. The highest BCUT2D eigenvalue weighted by Gasteiger charge is 2.42. The molecule has 1 saturated heterocycles. The van der Waals surface area contributed by atoms with Gasteiger partial charge in [-0.15, -0.1) is 13.2 Å². The number of nitrogens with zero attached hydrogens (tertiary/aromatic N) is 1. The summed E-state index contributed by atoms with van der Waals surface area (Å²) in [7, 11) is 0. The maximum Gasteiger partial charge on any atom is 0.573 e. The lowest BCUT2D eigenvalue weighted by Crippen LogP contribution is -2.43. The molecule has 1 fully saturated rings. The Kier molecular flexibility index (Phi) is 7.96. The first-order chi connectivity index (χ1) is 17.5. The van der Waals surface area contributed by atoms with Crippen LogP contribution in [-0.2, 0) is 4.79 Å². The van der Waals surface area contributed by atoms with Crippen LogP contribution in [0.15, 0.2) is 72.8 Å². The van der Waals surface area contributed by atoms with E-state index in [1.165, 1.54) is 12.1 Å². The lowest BCUT2D eigenvalue weighted by atomic mass is 9.97. The van der Waals surface area contributed by atoms with Crippen LogP contribution in [-0.4, -0.2) is 47.4 Å². The fraction of sp³-hybridized carbons (Fsp3) is 0.231. The van der Waals surface area contributed by atoms with Gasteiger partial charge in [0.2, 0.25) is 0 Å². The van der Waals surface area contributed by atoms with E-state index in [0.717, 1.165) is 23.3 Å². The van der Waals surface area contributed by atoms with Gasteiger partial charge in [0.05, 0.1) is 18.0 Å². The molecule has 0 aromatic heterocycles. The zero-order valence-electron chi connectivity index (χ0n) is 19.1. The molecule has 3 aromatic carbocycles. The Hall–Kier alpha value is -3.27. The van der Waals surface area contributed by atoms with Gasteiger partial charge in [0.1, 0.15) is 5.75 Å². The number of aliphatic carboxylic acids is 1. The summed E-state index contributed by atoms with van der Waals surface area (Å²) in [6.45, 7) is 0.364. The van der Waals surface area contributed by atoms with Gasteiger partial charge in [-0.1, -0.05) is 47.5 Å². The molecule has 0 radical (unpaired) electrons. The van der Waals surface area contributed by atoms with Crippen LogP contribution >= 0.6 is 23.2 Å². The van der Waals surface area contributed by atoms with Crippen molar-refractivity contribution in [3.8, 4) is 5.75 Å². The largest absolute Gasteiger partial charge is 0.573 e. The Bertz CT molecular complexity index is 1210. The topological polar surface area (TPSA) is 78.9 Å². The van der Waals surface area contributed by atoms with Gasteiger partial charge in [-0.3, -0.25) is 14.5 Å². The van der Waals surface area contributed by atoms with E-state index in [4.69, 9.17) is 23.2 Å². The number of carbonyl (C=O) groups is 2. The molecule has 2 N–H and O–H groups in total. The molecule has 194 valence electrons. The quantitative estimate of drug-likeness (QED) is 0.387. The van der Waals surface area contributed by atoms with Crippen LogP contribution in [0.1, 0.15) is 27.5 Å². The highest BCUT2D eigenvalue weighted by atomic mass is 35.5. The SMILES string of the molecule is O=C(NC1CN(C(c2ccc(Cl)cc2)c2ccc(Cl)cc2)CC1C(=O)O)c1ccc(OC(F)(F)F)cc1. The van der Waals surface area contributed by atoms with E-state index < -0.39 is 35.9 Å². The van der Waals surface area contributed by atoms with Crippen molar-refractivity contribution in [2.75, 3.05) is 13.1 Å². The number of carboxylic acids is 1. The van der Waals surface area contributed by atoms with Crippen LogP contribution in [0, 0.1) is 5.92 Å². The van der Waals surface area contributed by atoms with Gasteiger partial charge in [-0.25, -0.2) is 0 Å². The molecule has 11 heteroatoms. The van der Waals surface area contributed by atoms with Gasteiger partial charge < -0.3 is 15.2 Å². The Morgan fingerprint density at radius 1 is 0.892 bits per heavy atom. The Morgan fingerprint density at radius 3 is 1.86 bits per heavy atom. The van der Waals surface area contributed by atoms with Crippen molar-refractivity contribution in [3.63, 3.8) is 0 Å². The first-order valence-corrected chi connectivity index (χ1v) is 11.9. The minimum atomic E-state index is -4.85. The third kappa shape index (κ3) is 6.74. The molecule has 37 heavy (non-hydrogen) atoms. The normalized spacial score (nSPS) is 18.1. The molecule has 1 heterocycles. The number of nitrogens with one attached hydrogen (secondary N) is 1. The number of carboxylic acid groups (broad SMARTS) is 1. The number of halogens is 5. The molecule has 3 aromatic rings. The fourth-order valence-corrected chi connectivity index (χ4v) is 4.66. The number of likely N-dealkylation sites (tertiary alicyclic amines) is 1. The molecule has 6 nitrogen and oxygen atoms in total. The highest BCUT2D eigenvalue weighted by molar-refractivity contribution is 6.30. The second kappa shape index (κ2) is 11.0. The average Bonchev–Trinajstić information content (AvgIpc) is 3.24. The number of ether oxygens (including phenoxy) is 1. The summed E-state index contributed by atoms with van der Waals surface area (Å²) in [5.74, 6) is -3.06. The fourth-order valence-electron chi connectivity index (χ4n) is 4.41. The number of benzene rings is 3. The number of rotatable bonds is 7. The summed E-state index contributed by atoms with van der Waals surface area (Å²) >= 11 is 12.1. The van der Waals surface area contributed by atoms with Gasteiger partial charge in [0.15, 0.2) is 0 Å². The first kappa shape index (κ1) is 26.8. The molecule has 4 rings (SSSR count). The molecule has 2 unspecified atom stereocenters. The Labute approximate surface area is 220 Å². The minimum Gasteiger partial charge on any atom is -0.481 e. The zero-order valence-corrected chi connectivity index (χ0v) is 20.6. The predicted molar refractivity (Wildman–Crippen MR) is 132 cm³/mol. The summed E-state index contributed by atoms with van der Waals surface area (Å²) in [6.07, 6.45) is -4.85. The lowest BCUT2D eigenvalue weighted by Gasteiger charge is -2.29.